The van der Waals surface area contributed by atoms with Crippen LogP contribution in [-0.2, 0) is 6.54 Å². The zero-order valence-corrected chi connectivity index (χ0v) is 9.49. The lowest BCUT2D eigenvalue weighted by Crippen LogP contribution is -1.93. The Morgan fingerprint density at radius 1 is 1.27 bits per heavy atom. The van der Waals surface area contributed by atoms with Gasteiger partial charge in [-0.3, -0.25) is 0 Å². The first-order valence-electron chi connectivity index (χ1n) is 5.25. The van der Waals surface area contributed by atoms with Crippen LogP contribution in [0.4, 0.5) is 0 Å². The maximum atomic E-state index is 4.40. The Morgan fingerprint density at radius 3 is 2.73 bits per heavy atom. The van der Waals surface area contributed by atoms with Crippen molar-refractivity contribution in [1.29, 1.82) is 0 Å². The minimum absolute atomic E-state index is 0.898. The molecule has 78 valence electrons. The fourth-order valence-corrected chi connectivity index (χ4v) is 1.68. The minimum atomic E-state index is 0.898. The average Bonchev–Trinajstić information content (AvgIpc) is 2.59. The van der Waals surface area contributed by atoms with E-state index in [1.54, 1.807) is 0 Å². The van der Waals surface area contributed by atoms with Gasteiger partial charge in [0.05, 0.1) is 17.4 Å². The number of fused-ring (bicyclic) bond motifs is 1. The highest BCUT2D eigenvalue weighted by atomic mass is 15.0. The topological polar surface area (TPSA) is 17.8 Å². The summed E-state index contributed by atoms with van der Waals surface area (Å²) >= 11 is 0. The first kappa shape index (κ1) is 9.97. The molecule has 0 aliphatic heterocycles. The van der Waals surface area contributed by atoms with E-state index in [1.165, 1.54) is 16.6 Å². The van der Waals surface area contributed by atoms with Crippen LogP contribution in [0.25, 0.3) is 11.0 Å². The first-order chi connectivity index (χ1) is 7.22. The standard InChI is InChI=1S/C13H16N2/c1-4-5-6-15-9-14-12-7-10(2)11(3)8-13(12)15/h4-5,7-9H,6H2,1-3H3/b5-4+. The number of hydrogen-bond acceptors (Lipinski definition) is 1. The van der Waals surface area contributed by atoms with Crippen LogP contribution in [0.3, 0.4) is 0 Å². The van der Waals surface area contributed by atoms with Gasteiger partial charge in [0, 0.05) is 6.54 Å². The Bertz CT molecular complexity index is 506. The molecule has 1 aromatic carbocycles. The number of rotatable bonds is 2. The van der Waals surface area contributed by atoms with E-state index in [-0.39, 0.29) is 0 Å². The summed E-state index contributed by atoms with van der Waals surface area (Å²) in [5.41, 5.74) is 4.93. The van der Waals surface area contributed by atoms with Gasteiger partial charge in [0.1, 0.15) is 0 Å². The number of allylic oxidation sites excluding steroid dienone is 2. The summed E-state index contributed by atoms with van der Waals surface area (Å²) in [6, 6.07) is 4.36. The highest BCUT2D eigenvalue weighted by molar-refractivity contribution is 5.77. The third-order valence-electron chi connectivity index (χ3n) is 2.77. The van der Waals surface area contributed by atoms with Crippen LogP contribution in [0.15, 0.2) is 30.6 Å². The fourth-order valence-electron chi connectivity index (χ4n) is 1.68. The Morgan fingerprint density at radius 2 is 2.00 bits per heavy atom. The maximum Gasteiger partial charge on any atom is 0.0961 e. The van der Waals surface area contributed by atoms with E-state index in [2.05, 4.69) is 47.7 Å². The molecule has 1 aromatic heterocycles. The van der Waals surface area contributed by atoms with E-state index in [4.69, 9.17) is 0 Å². The van der Waals surface area contributed by atoms with Crippen molar-refractivity contribution in [3.05, 3.63) is 41.7 Å². The van der Waals surface area contributed by atoms with Crippen molar-refractivity contribution in [3.8, 4) is 0 Å². The third kappa shape index (κ3) is 1.80. The van der Waals surface area contributed by atoms with Crippen molar-refractivity contribution >= 4 is 11.0 Å². The van der Waals surface area contributed by atoms with Crippen molar-refractivity contribution in [2.45, 2.75) is 27.3 Å². The molecule has 0 spiro atoms. The number of aryl methyl sites for hydroxylation is 2. The summed E-state index contributed by atoms with van der Waals surface area (Å²) in [6.07, 6.45) is 6.10. The number of aromatic nitrogens is 2. The van der Waals surface area contributed by atoms with E-state index in [9.17, 15) is 0 Å². The molecule has 2 rings (SSSR count). The molecular formula is C13H16N2. The van der Waals surface area contributed by atoms with Gasteiger partial charge >= 0.3 is 0 Å². The van der Waals surface area contributed by atoms with E-state index >= 15 is 0 Å². The summed E-state index contributed by atoms with van der Waals surface area (Å²) in [6.45, 7) is 7.20. The highest BCUT2D eigenvalue weighted by Crippen LogP contribution is 2.18. The Balaban J connectivity index is 2.54. The molecule has 0 unspecified atom stereocenters. The van der Waals surface area contributed by atoms with Gasteiger partial charge in [0.15, 0.2) is 0 Å². The van der Waals surface area contributed by atoms with Gasteiger partial charge in [-0.15, -0.1) is 0 Å². The average molecular weight is 200 g/mol. The van der Waals surface area contributed by atoms with E-state index in [1.807, 2.05) is 13.3 Å². The maximum absolute atomic E-state index is 4.40. The van der Waals surface area contributed by atoms with Crippen LogP contribution in [0.1, 0.15) is 18.1 Å². The second kappa shape index (κ2) is 3.89. The fraction of sp³-hybridized carbons (Fsp3) is 0.308. The molecule has 0 amide bonds. The first-order valence-corrected chi connectivity index (χ1v) is 5.25. The largest absolute Gasteiger partial charge is 0.327 e. The van der Waals surface area contributed by atoms with Gasteiger partial charge in [0.25, 0.3) is 0 Å². The molecule has 2 aromatic rings. The molecule has 0 N–H and O–H groups in total. The Labute approximate surface area is 90.3 Å². The van der Waals surface area contributed by atoms with Crippen molar-refractivity contribution in [3.63, 3.8) is 0 Å². The molecule has 0 saturated carbocycles. The van der Waals surface area contributed by atoms with Crippen molar-refractivity contribution in [2.75, 3.05) is 0 Å². The molecule has 0 fully saturated rings. The van der Waals surface area contributed by atoms with E-state index in [0.717, 1.165) is 12.1 Å². The summed E-state index contributed by atoms with van der Waals surface area (Å²) < 4.78 is 2.17. The molecule has 0 aliphatic carbocycles. The second-order valence-electron chi connectivity index (χ2n) is 3.89. The molecule has 2 heteroatoms. The van der Waals surface area contributed by atoms with Crippen LogP contribution < -0.4 is 0 Å². The zero-order valence-electron chi connectivity index (χ0n) is 9.49. The van der Waals surface area contributed by atoms with Gasteiger partial charge in [-0.05, 0) is 44.0 Å². The summed E-state index contributed by atoms with van der Waals surface area (Å²) in [5, 5.41) is 0. The SMILES string of the molecule is C/C=C/Cn1cnc2cc(C)c(C)cc21. The Hall–Kier alpha value is -1.57. The molecule has 0 saturated heterocycles. The molecule has 0 aliphatic rings. The van der Waals surface area contributed by atoms with Crippen LogP contribution in [0, 0.1) is 13.8 Å². The third-order valence-corrected chi connectivity index (χ3v) is 2.77. The lowest BCUT2D eigenvalue weighted by molar-refractivity contribution is 0.848. The smallest absolute Gasteiger partial charge is 0.0961 e. The molecule has 2 nitrogen and oxygen atoms in total. The number of imidazole rings is 1. The number of nitrogens with zero attached hydrogens (tertiary/aromatic N) is 2. The van der Waals surface area contributed by atoms with Crippen molar-refractivity contribution < 1.29 is 0 Å². The monoisotopic (exact) mass is 200 g/mol. The van der Waals surface area contributed by atoms with Crippen LogP contribution in [-0.4, -0.2) is 9.55 Å². The van der Waals surface area contributed by atoms with Gasteiger partial charge in [0.2, 0.25) is 0 Å². The van der Waals surface area contributed by atoms with Crippen molar-refractivity contribution in [1.82, 2.24) is 9.55 Å². The Kier molecular flexibility index (Phi) is 2.58. The van der Waals surface area contributed by atoms with Gasteiger partial charge in [-0.25, -0.2) is 4.98 Å². The molecule has 15 heavy (non-hydrogen) atoms. The number of hydrogen-bond donors (Lipinski definition) is 0. The van der Waals surface area contributed by atoms with Crippen molar-refractivity contribution in [2.24, 2.45) is 0 Å². The molecule has 0 bridgehead atoms. The van der Waals surface area contributed by atoms with Crippen LogP contribution in [0.2, 0.25) is 0 Å². The van der Waals surface area contributed by atoms with E-state index in [0.29, 0.717) is 0 Å². The summed E-state index contributed by atoms with van der Waals surface area (Å²) in [7, 11) is 0. The molecule has 0 atom stereocenters. The van der Waals surface area contributed by atoms with Gasteiger partial charge in [-0.1, -0.05) is 12.2 Å². The van der Waals surface area contributed by atoms with Crippen LogP contribution in [0.5, 0.6) is 0 Å². The summed E-state index contributed by atoms with van der Waals surface area (Å²) in [5.74, 6) is 0. The minimum Gasteiger partial charge on any atom is -0.327 e. The molecule has 1 heterocycles. The lowest BCUT2D eigenvalue weighted by Gasteiger charge is -2.02. The molecule has 0 radical (unpaired) electrons. The zero-order chi connectivity index (χ0) is 10.8. The number of benzene rings is 1. The van der Waals surface area contributed by atoms with Gasteiger partial charge < -0.3 is 4.57 Å². The highest BCUT2D eigenvalue weighted by Gasteiger charge is 2.03. The summed E-state index contributed by atoms with van der Waals surface area (Å²) in [4.78, 5) is 4.40. The normalized spacial score (nSPS) is 11.7. The lowest BCUT2D eigenvalue weighted by atomic mass is 10.1. The van der Waals surface area contributed by atoms with Crippen LogP contribution >= 0.6 is 0 Å². The predicted molar refractivity (Wildman–Crippen MR) is 64.0 cm³/mol. The van der Waals surface area contributed by atoms with Gasteiger partial charge in [-0.2, -0.15) is 0 Å². The molecular weight excluding hydrogens is 184 g/mol. The predicted octanol–water partition coefficient (Wildman–Crippen LogP) is 3.23. The van der Waals surface area contributed by atoms with E-state index < -0.39 is 0 Å². The second-order valence-corrected chi connectivity index (χ2v) is 3.89. The quantitative estimate of drug-likeness (QED) is 0.680.